The highest BCUT2D eigenvalue weighted by Gasteiger charge is 2.27. The van der Waals surface area contributed by atoms with Gasteiger partial charge in [0.1, 0.15) is 19.0 Å². The summed E-state index contributed by atoms with van der Waals surface area (Å²) in [6.45, 7) is 1.58. The second-order valence-corrected chi connectivity index (χ2v) is 12.2. The maximum absolute atomic E-state index is 13.4. The Labute approximate surface area is 256 Å². The second kappa shape index (κ2) is 13.8. The highest BCUT2D eigenvalue weighted by atomic mass is 79.9. The molecule has 0 heterocycles. The number of hydrogen-bond acceptors (Lipinski definition) is 6. The van der Waals surface area contributed by atoms with E-state index in [9.17, 15) is 17.6 Å². The summed E-state index contributed by atoms with van der Waals surface area (Å²) < 4.78 is 53.2. The van der Waals surface area contributed by atoms with Gasteiger partial charge >= 0.3 is 0 Å². The first kappa shape index (κ1) is 31.0. The third-order valence-electron chi connectivity index (χ3n) is 5.96. The standard InChI is InChI=1S/C30H26BrClFN3O5S/c1-20-3-11-25(12-4-20)36(42(38,39)26-13-9-24(33)10-14-26)18-29(37)35-34-17-22-15-27(31)30(28(16-22)40-2)41-19-21-5-7-23(32)8-6-21/h3-17H,18-19H2,1-2H3,(H,35,37)/b34-17-. The second-order valence-electron chi connectivity index (χ2n) is 9.04. The zero-order valence-corrected chi connectivity index (χ0v) is 25.7. The Hall–Kier alpha value is -3.93. The normalized spacial score (nSPS) is 11.4. The van der Waals surface area contributed by atoms with Crippen LogP contribution in [-0.2, 0) is 21.4 Å². The first-order chi connectivity index (χ1) is 20.1. The van der Waals surface area contributed by atoms with E-state index in [1.165, 1.54) is 13.3 Å². The average Bonchev–Trinajstić information content (AvgIpc) is 2.96. The van der Waals surface area contributed by atoms with Crippen molar-refractivity contribution in [1.29, 1.82) is 0 Å². The van der Waals surface area contributed by atoms with Crippen LogP contribution in [-0.4, -0.2) is 34.2 Å². The van der Waals surface area contributed by atoms with Crippen LogP contribution < -0.4 is 19.2 Å². The molecule has 0 fully saturated rings. The molecule has 0 aliphatic carbocycles. The highest BCUT2D eigenvalue weighted by molar-refractivity contribution is 9.10. The van der Waals surface area contributed by atoms with Gasteiger partial charge in [-0.25, -0.2) is 18.2 Å². The number of anilines is 1. The van der Waals surface area contributed by atoms with Crippen LogP contribution in [0.15, 0.2) is 99.4 Å². The third-order valence-corrected chi connectivity index (χ3v) is 8.59. The van der Waals surface area contributed by atoms with Gasteiger partial charge < -0.3 is 9.47 Å². The van der Waals surface area contributed by atoms with E-state index in [0.29, 0.717) is 26.6 Å². The van der Waals surface area contributed by atoms with Crippen LogP contribution in [0.2, 0.25) is 5.02 Å². The summed E-state index contributed by atoms with van der Waals surface area (Å²) in [7, 11) is -2.69. The number of rotatable bonds is 11. The SMILES string of the molecule is COc1cc(/C=N\NC(=O)CN(c2ccc(C)cc2)S(=O)(=O)c2ccc(F)cc2)cc(Br)c1OCc1ccc(Cl)cc1. The predicted octanol–water partition coefficient (Wildman–Crippen LogP) is 6.48. The number of carbonyl (C=O) groups excluding carboxylic acids is 1. The Balaban J connectivity index is 1.48. The van der Waals surface area contributed by atoms with Crippen molar-refractivity contribution in [1.82, 2.24) is 5.43 Å². The minimum Gasteiger partial charge on any atom is -0.493 e. The molecule has 218 valence electrons. The fourth-order valence-corrected chi connectivity index (χ4v) is 5.92. The Bertz CT molecular complexity index is 1680. The Morgan fingerprint density at radius 1 is 1.05 bits per heavy atom. The zero-order chi connectivity index (χ0) is 30.3. The van der Waals surface area contributed by atoms with Gasteiger partial charge in [0.2, 0.25) is 0 Å². The molecule has 4 rings (SSSR count). The molecule has 0 atom stereocenters. The molecular weight excluding hydrogens is 649 g/mol. The number of aryl methyl sites for hydroxylation is 1. The smallest absolute Gasteiger partial charge is 0.264 e. The Morgan fingerprint density at radius 3 is 2.36 bits per heavy atom. The lowest BCUT2D eigenvalue weighted by Crippen LogP contribution is -2.39. The molecular formula is C30H26BrClFN3O5S. The van der Waals surface area contributed by atoms with Gasteiger partial charge in [-0.3, -0.25) is 9.10 Å². The molecule has 8 nitrogen and oxygen atoms in total. The van der Waals surface area contributed by atoms with Gasteiger partial charge in [-0.05, 0) is 94.6 Å². The van der Waals surface area contributed by atoms with E-state index in [2.05, 4.69) is 26.5 Å². The summed E-state index contributed by atoms with van der Waals surface area (Å²) in [5, 5.41) is 4.62. The number of ether oxygens (including phenoxy) is 2. The van der Waals surface area contributed by atoms with Crippen LogP contribution in [0, 0.1) is 12.7 Å². The van der Waals surface area contributed by atoms with Gasteiger partial charge in [0.25, 0.3) is 15.9 Å². The maximum atomic E-state index is 13.4. The minimum atomic E-state index is -4.19. The van der Waals surface area contributed by atoms with Crippen molar-refractivity contribution in [3.05, 3.63) is 117 Å². The van der Waals surface area contributed by atoms with Crippen molar-refractivity contribution in [3.63, 3.8) is 0 Å². The number of carbonyl (C=O) groups is 1. The molecule has 1 amide bonds. The highest BCUT2D eigenvalue weighted by Crippen LogP contribution is 2.37. The Morgan fingerprint density at radius 2 is 1.71 bits per heavy atom. The summed E-state index contributed by atoms with van der Waals surface area (Å²) in [5.41, 5.74) is 5.04. The van der Waals surface area contributed by atoms with E-state index < -0.39 is 28.3 Å². The molecule has 0 bridgehead atoms. The first-order valence-corrected chi connectivity index (χ1v) is 15.1. The van der Waals surface area contributed by atoms with E-state index in [0.717, 1.165) is 39.7 Å². The Kier molecular flexibility index (Phi) is 10.2. The largest absolute Gasteiger partial charge is 0.493 e. The number of sulfonamides is 1. The summed E-state index contributed by atoms with van der Waals surface area (Å²) in [6.07, 6.45) is 1.39. The zero-order valence-electron chi connectivity index (χ0n) is 22.6. The van der Waals surface area contributed by atoms with E-state index >= 15 is 0 Å². The third kappa shape index (κ3) is 7.87. The molecule has 0 aromatic heterocycles. The van der Waals surface area contributed by atoms with Gasteiger partial charge in [-0.1, -0.05) is 41.4 Å². The molecule has 4 aromatic rings. The number of halogens is 3. The van der Waals surface area contributed by atoms with Crippen molar-refractivity contribution >= 4 is 55.4 Å². The maximum Gasteiger partial charge on any atom is 0.264 e. The molecule has 0 radical (unpaired) electrons. The number of methoxy groups -OCH3 is 1. The van der Waals surface area contributed by atoms with Crippen molar-refractivity contribution < 1.29 is 27.1 Å². The van der Waals surface area contributed by atoms with E-state index in [1.54, 1.807) is 48.5 Å². The quantitative estimate of drug-likeness (QED) is 0.145. The molecule has 0 unspecified atom stereocenters. The number of nitrogens with zero attached hydrogens (tertiary/aromatic N) is 2. The molecule has 0 aliphatic heterocycles. The fraction of sp³-hybridized carbons (Fsp3) is 0.133. The lowest BCUT2D eigenvalue weighted by Gasteiger charge is -2.23. The summed E-state index contributed by atoms with van der Waals surface area (Å²) in [4.78, 5) is 12.7. The molecule has 0 saturated heterocycles. The van der Waals surface area contributed by atoms with Crippen molar-refractivity contribution in [2.24, 2.45) is 5.10 Å². The number of amides is 1. The molecule has 4 aromatic carbocycles. The number of hydrogen-bond donors (Lipinski definition) is 1. The fourth-order valence-electron chi connectivity index (χ4n) is 3.79. The lowest BCUT2D eigenvalue weighted by molar-refractivity contribution is -0.119. The van der Waals surface area contributed by atoms with Crippen LogP contribution in [0.25, 0.3) is 0 Å². The molecule has 0 aliphatic rings. The summed E-state index contributed by atoms with van der Waals surface area (Å²) in [5.74, 6) is -0.353. The van der Waals surface area contributed by atoms with Crippen molar-refractivity contribution in [3.8, 4) is 11.5 Å². The van der Waals surface area contributed by atoms with Crippen LogP contribution in [0.3, 0.4) is 0 Å². The van der Waals surface area contributed by atoms with Gasteiger partial charge in [0, 0.05) is 5.02 Å². The van der Waals surface area contributed by atoms with Crippen LogP contribution in [0.4, 0.5) is 10.1 Å². The molecule has 42 heavy (non-hydrogen) atoms. The van der Waals surface area contributed by atoms with Gasteiger partial charge in [0.15, 0.2) is 11.5 Å². The summed E-state index contributed by atoms with van der Waals surface area (Å²) >= 11 is 9.43. The molecule has 12 heteroatoms. The molecule has 0 saturated carbocycles. The molecule has 0 spiro atoms. The lowest BCUT2D eigenvalue weighted by atomic mass is 10.2. The van der Waals surface area contributed by atoms with Crippen LogP contribution in [0.5, 0.6) is 11.5 Å². The monoisotopic (exact) mass is 673 g/mol. The minimum absolute atomic E-state index is 0.156. The number of hydrazone groups is 1. The van der Waals surface area contributed by atoms with Crippen LogP contribution in [0.1, 0.15) is 16.7 Å². The van der Waals surface area contributed by atoms with Gasteiger partial charge in [-0.15, -0.1) is 0 Å². The van der Waals surface area contributed by atoms with Gasteiger partial charge in [-0.2, -0.15) is 5.10 Å². The number of benzene rings is 4. The number of nitrogens with one attached hydrogen (secondary N) is 1. The van der Waals surface area contributed by atoms with E-state index in [4.69, 9.17) is 21.1 Å². The van der Waals surface area contributed by atoms with Crippen LogP contribution >= 0.6 is 27.5 Å². The van der Waals surface area contributed by atoms with Crippen molar-refractivity contribution in [2.45, 2.75) is 18.4 Å². The molecule has 1 N–H and O–H groups in total. The van der Waals surface area contributed by atoms with E-state index in [1.807, 2.05) is 19.1 Å². The van der Waals surface area contributed by atoms with Crippen molar-refractivity contribution in [2.75, 3.05) is 18.0 Å². The first-order valence-electron chi connectivity index (χ1n) is 12.5. The summed E-state index contributed by atoms with van der Waals surface area (Å²) in [6, 6.07) is 21.7. The van der Waals surface area contributed by atoms with Gasteiger partial charge in [0.05, 0.1) is 28.4 Å². The predicted molar refractivity (Wildman–Crippen MR) is 164 cm³/mol. The average molecular weight is 675 g/mol. The van der Waals surface area contributed by atoms with E-state index in [-0.39, 0.29) is 17.2 Å². The topological polar surface area (TPSA) is 97.3 Å².